The first kappa shape index (κ1) is 19.0. The van der Waals surface area contributed by atoms with Gasteiger partial charge in [-0.2, -0.15) is 0 Å². The van der Waals surface area contributed by atoms with Crippen LogP contribution >= 0.6 is 11.3 Å². The summed E-state index contributed by atoms with van der Waals surface area (Å²) in [5.74, 6) is -0.544. The molecule has 0 aliphatic heterocycles. The van der Waals surface area contributed by atoms with E-state index in [4.69, 9.17) is 0 Å². The zero-order valence-corrected chi connectivity index (χ0v) is 15.7. The summed E-state index contributed by atoms with van der Waals surface area (Å²) in [5, 5.41) is 13.8. The van der Waals surface area contributed by atoms with Crippen LogP contribution < -0.4 is 5.43 Å². The maximum absolute atomic E-state index is 12.7. The van der Waals surface area contributed by atoms with Gasteiger partial charge in [0.05, 0.1) is 5.69 Å². The van der Waals surface area contributed by atoms with E-state index in [1.807, 2.05) is 0 Å². The van der Waals surface area contributed by atoms with Crippen LogP contribution in [0.3, 0.4) is 0 Å². The molecule has 8 heteroatoms. The van der Waals surface area contributed by atoms with E-state index in [0.717, 1.165) is 11.3 Å². The fraction of sp³-hybridized carbons (Fsp3) is 0.286. The molecule has 0 spiro atoms. The van der Waals surface area contributed by atoms with Crippen LogP contribution in [0.4, 0.5) is 10.1 Å². The van der Waals surface area contributed by atoms with E-state index in [1.54, 1.807) is 12.1 Å². The van der Waals surface area contributed by atoms with E-state index >= 15 is 0 Å². The van der Waals surface area contributed by atoms with Gasteiger partial charge in [-0.05, 0) is 30.7 Å². The topological polar surface area (TPSA) is 65.5 Å². The van der Waals surface area contributed by atoms with Crippen molar-refractivity contribution in [1.82, 2.24) is 9.99 Å². The molecule has 0 saturated carbocycles. The second-order valence-corrected chi connectivity index (χ2v) is 5.31. The number of halogens is 1. The van der Waals surface area contributed by atoms with Crippen LogP contribution in [0.25, 0.3) is 0 Å². The number of aromatic nitrogens is 1. The Labute approximate surface area is 157 Å². The van der Waals surface area contributed by atoms with Crippen molar-refractivity contribution in [1.29, 1.82) is 0 Å². The van der Waals surface area contributed by atoms with Crippen LogP contribution in [-0.2, 0) is 43.9 Å². The molecule has 0 aliphatic carbocycles. The Hall–Kier alpha value is -1.05. The first-order valence-corrected chi connectivity index (χ1v) is 7.23. The van der Waals surface area contributed by atoms with Gasteiger partial charge >= 0.3 is 0 Å². The summed E-state index contributed by atoms with van der Waals surface area (Å²) in [6, 6.07) is 6.43. The Morgan fingerprint density at radius 2 is 2.14 bits per heavy atom. The summed E-state index contributed by atoms with van der Waals surface area (Å²) in [4.78, 5) is 15.3. The Kier molecular flexibility index (Phi) is 7.92. The van der Waals surface area contributed by atoms with Crippen molar-refractivity contribution < 1.29 is 47.0 Å². The average Bonchev–Trinajstić information content (AvgIpc) is 2.85. The quantitative estimate of drug-likeness (QED) is 0.447. The van der Waals surface area contributed by atoms with Gasteiger partial charge in [0.25, 0.3) is 0 Å². The molecule has 22 heavy (non-hydrogen) atoms. The van der Waals surface area contributed by atoms with E-state index in [1.165, 1.54) is 24.1 Å². The van der Waals surface area contributed by atoms with Crippen molar-refractivity contribution >= 4 is 22.9 Å². The number of amides is 1. The number of rotatable bonds is 6. The summed E-state index contributed by atoms with van der Waals surface area (Å²) >= 11 is 1.15. The zero-order valence-electron chi connectivity index (χ0n) is 12.0. The number of carbonyl (C=O) groups excluding carboxylic acids is 1. The van der Waals surface area contributed by atoms with Crippen LogP contribution in [0.2, 0.25) is 0 Å². The van der Waals surface area contributed by atoms with Crippen molar-refractivity contribution in [3.63, 3.8) is 0 Å². The number of nitrogens with zero attached hydrogens (tertiary/aromatic N) is 2. The fourth-order valence-corrected chi connectivity index (χ4v) is 2.36. The van der Waals surface area contributed by atoms with E-state index in [0.29, 0.717) is 30.1 Å². The number of anilines is 1. The molecule has 1 amide bonds. The molecule has 2 aromatic rings. The molecule has 0 unspecified atom stereocenters. The van der Waals surface area contributed by atoms with Crippen LogP contribution in [0.1, 0.15) is 18.4 Å². The first-order valence-electron chi connectivity index (χ1n) is 6.41. The number of carbonyl (C=O) groups is 1. The maximum Gasteiger partial charge on any atom is 0.237 e. The molecule has 1 aromatic carbocycles. The molecule has 115 valence electrons. The predicted octanol–water partition coefficient (Wildman–Crippen LogP) is 2.59. The van der Waals surface area contributed by atoms with Crippen molar-refractivity contribution in [2.24, 2.45) is 0 Å². The monoisotopic (exact) mass is 397 g/mol. The van der Waals surface area contributed by atoms with Crippen LogP contribution in [0.5, 0.6) is 5.75 Å². The fourth-order valence-electron chi connectivity index (χ4n) is 1.74. The van der Waals surface area contributed by atoms with E-state index in [-0.39, 0.29) is 44.4 Å². The second kappa shape index (κ2) is 9.17. The van der Waals surface area contributed by atoms with Gasteiger partial charge in [-0.1, -0.05) is 11.4 Å². The number of phenols is 1. The summed E-state index contributed by atoms with van der Waals surface area (Å²) < 4.78 is 12.7. The molecule has 2 rings (SSSR count). The predicted molar refractivity (Wildman–Crippen MR) is 78.3 cm³/mol. The van der Waals surface area contributed by atoms with Crippen LogP contribution in [0, 0.1) is 11.3 Å². The minimum atomic E-state index is -0.583. The van der Waals surface area contributed by atoms with Gasteiger partial charge in [0.1, 0.15) is 11.7 Å². The Morgan fingerprint density at radius 1 is 1.45 bits per heavy atom. The summed E-state index contributed by atoms with van der Waals surface area (Å²) in [5.41, 5.74) is 3.68. The number of benzene rings is 1. The molecule has 0 aliphatic rings. The number of thiazole rings is 1. The van der Waals surface area contributed by atoms with Gasteiger partial charge < -0.3 is 21.4 Å². The Balaban J connectivity index is 0.00000242. The molecule has 0 bridgehead atoms. The van der Waals surface area contributed by atoms with Crippen molar-refractivity contribution in [3.05, 3.63) is 40.6 Å². The van der Waals surface area contributed by atoms with Crippen LogP contribution in [-0.4, -0.2) is 27.6 Å². The van der Waals surface area contributed by atoms with E-state index in [2.05, 4.69) is 15.8 Å². The largest absolute Gasteiger partial charge is 0.508 e. The summed E-state index contributed by atoms with van der Waals surface area (Å²) in [6.07, 6.45) is 1.25. The molecule has 0 fully saturated rings. The molecule has 1 radical (unpaired) electrons. The number of nitrogens with one attached hydrogen (secondary N) is 1. The Bertz CT molecular complexity index is 606. The summed E-state index contributed by atoms with van der Waals surface area (Å²) in [6.45, 7) is 1.93. The maximum atomic E-state index is 12.7. The SMILES string of the molecule is CC(=O)N(CCCc1nc(F)[c-]s1)Nc1ccc(O)cc1.[Y]. The van der Waals surface area contributed by atoms with Gasteiger partial charge in [0, 0.05) is 46.2 Å². The number of hydrazine groups is 1. The molecule has 0 saturated heterocycles. The normalized spacial score (nSPS) is 9.91. The van der Waals surface area contributed by atoms with E-state index in [9.17, 15) is 14.3 Å². The third-order valence-electron chi connectivity index (χ3n) is 2.76. The van der Waals surface area contributed by atoms with Gasteiger partial charge in [0.15, 0.2) is 0 Å². The molecule has 1 aromatic heterocycles. The summed E-state index contributed by atoms with van der Waals surface area (Å²) in [7, 11) is 0. The minimum Gasteiger partial charge on any atom is -0.508 e. The van der Waals surface area contributed by atoms with Gasteiger partial charge in [-0.3, -0.25) is 15.2 Å². The molecular formula is C14H15FN3O2SY-. The van der Waals surface area contributed by atoms with Crippen molar-refractivity contribution in [3.8, 4) is 5.75 Å². The van der Waals surface area contributed by atoms with Gasteiger partial charge in [-0.15, -0.1) is 5.38 Å². The zero-order chi connectivity index (χ0) is 15.2. The second-order valence-electron chi connectivity index (χ2n) is 4.43. The number of hydrogen-bond donors (Lipinski definition) is 2. The number of hydrogen-bond acceptors (Lipinski definition) is 5. The van der Waals surface area contributed by atoms with Gasteiger partial charge in [-0.25, -0.2) is 4.39 Å². The Morgan fingerprint density at radius 3 is 2.68 bits per heavy atom. The van der Waals surface area contributed by atoms with Crippen molar-refractivity contribution in [2.75, 3.05) is 12.0 Å². The van der Waals surface area contributed by atoms with Crippen molar-refractivity contribution in [2.45, 2.75) is 19.8 Å². The van der Waals surface area contributed by atoms with Crippen LogP contribution in [0.15, 0.2) is 24.3 Å². The molecule has 1 heterocycles. The van der Waals surface area contributed by atoms with Gasteiger partial charge in [0.2, 0.25) is 5.91 Å². The molecule has 5 nitrogen and oxygen atoms in total. The smallest absolute Gasteiger partial charge is 0.237 e. The standard InChI is InChI=1S/C14H15FN3O2S.Y/c1-10(19)18(17-11-4-6-12(20)7-5-11)8-2-3-14-16-13(15)9-21-14;/h4-7,17,20H,2-3,8H2,1H3;/q-1;. The first-order chi connectivity index (χ1) is 10.0. The molecular weight excluding hydrogens is 382 g/mol. The molecule has 0 atom stereocenters. The molecule has 2 N–H and O–H groups in total. The minimum absolute atomic E-state index is 0. The number of aromatic hydroxyl groups is 1. The average molecular weight is 397 g/mol. The number of phenolic OH excluding ortho intramolecular Hbond substituents is 1. The number of aryl methyl sites for hydroxylation is 1. The third-order valence-corrected chi connectivity index (χ3v) is 3.56. The third kappa shape index (κ3) is 5.98. The van der Waals surface area contributed by atoms with E-state index < -0.39 is 5.95 Å².